The van der Waals surface area contributed by atoms with Gasteiger partial charge < -0.3 is 10.2 Å². The van der Waals surface area contributed by atoms with Gasteiger partial charge in [-0.05, 0) is 49.8 Å². The molecule has 0 heterocycles. The van der Waals surface area contributed by atoms with E-state index in [-0.39, 0.29) is 43.1 Å². The molecule has 0 atom stereocenters. The summed E-state index contributed by atoms with van der Waals surface area (Å²) in [4.78, 5) is 0. The maximum absolute atomic E-state index is 10.6. The lowest BCUT2D eigenvalue weighted by atomic mass is 9.91. The predicted octanol–water partition coefficient (Wildman–Crippen LogP) is 5.15. The van der Waals surface area contributed by atoms with Crippen molar-refractivity contribution in [1.82, 2.24) is 0 Å². The summed E-state index contributed by atoms with van der Waals surface area (Å²) in [7, 11) is 0. The van der Waals surface area contributed by atoms with Gasteiger partial charge in [0, 0.05) is 5.39 Å². The molecular formula is C20H12O2. The number of rotatable bonds is 0. The fourth-order valence-electron chi connectivity index (χ4n) is 2.82. The van der Waals surface area contributed by atoms with E-state index in [1.54, 1.807) is 0 Å². The Hall–Kier alpha value is -3.00. The molecule has 0 aliphatic carbocycles. The van der Waals surface area contributed by atoms with Crippen molar-refractivity contribution in [3.63, 3.8) is 0 Å². The second-order valence-electron chi connectivity index (χ2n) is 4.95. The van der Waals surface area contributed by atoms with Crippen molar-refractivity contribution in [1.29, 1.82) is 0 Å². The SMILES string of the molecule is [2H]c1c(O)c(O)c2c(c1[2H])c([2H])c1c([2H])c([2H])c3c([2H])c([2H])c([2H])c4c([2H])c([2H])c2c1c34. The largest absolute Gasteiger partial charge is 0.504 e. The standard InChI is InChI=1S/C20H12O2/c21-16-9-7-14-10-13-5-4-11-2-1-3-12-6-8-15(18(13)17(11)12)19(14)20(16)22/h1-10,21-22H/i1D,2D,3D,4D,5D,6D,7D,8D,9D,10D. The lowest BCUT2D eigenvalue weighted by molar-refractivity contribution is 0.408. The van der Waals surface area contributed by atoms with Crippen LogP contribution in [-0.2, 0) is 0 Å². The topological polar surface area (TPSA) is 40.5 Å². The van der Waals surface area contributed by atoms with Crippen LogP contribution in [0.15, 0.2) is 60.4 Å². The van der Waals surface area contributed by atoms with Crippen molar-refractivity contribution in [3.05, 3.63) is 60.4 Å². The second kappa shape index (κ2) is 3.80. The van der Waals surface area contributed by atoms with Gasteiger partial charge in [0.2, 0.25) is 0 Å². The normalized spacial score (nSPS) is 18.4. The Bertz CT molecular complexity index is 1670. The Labute approximate surface area is 140 Å². The van der Waals surface area contributed by atoms with Crippen LogP contribution in [0, 0.1) is 0 Å². The Morgan fingerprint density at radius 1 is 0.636 bits per heavy atom. The van der Waals surface area contributed by atoms with Crippen molar-refractivity contribution in [2.75, 3.05) is 0 Å². The van der Waals surface area contributed by atoms with Gasteiger partial charge >= 0.3 is 0 Å². The molecule has 5 aromatic carbocycles. The molecule has 0 amide bonds. The summed E-state index contributed by atoms with van der Waals surface area (Å²) in [5, 5.41) is 19.3. The van der Waals surface area contributed by atoms with Crippen LogP contribution in [0.4, 0.5) is 0 Å². The number of hydrogen-bond donors (Lipinski definition) is 2. The zero-order chi connectivity index (χ0) is 23.5. The number of fused-ring (bicyclic) bond motifs is 2. The molecule has 0 aromatic heterocycles. The van der Waals surface area contributed by atoms with E-state index in [0.29, 0.717) is 0 Å². The highest BCUT2D eigenvalue weighted by Gasteiger charge is 2.14. The third-order valence-electron chi connectivity index (χ3n) is 3.77. The van der Waals surface area contributed by atoms with Crippen LogP contribution in [0.5, 0.6) is 11.5 Å². The molecule has 0 spiro atoms. The molecule has 2 heteroatoms. The summed E-state index contributed by atoms with van der Waals surface area (Å²) < 4.78 is 83.4. The minimum Gasteiger partial charge on any atom is -0.504 e. The van der Waals surface area contributed by atoms with Crippen LogP contribution in [0.25, 0.3) is 43.1 Å². The van der Waals surface area contributed by atoms with E-state index in [2.05, 4.69) is 0 Å². The summed E-state index contributed by atoms with van der Waals surface area (Å²) in [5.41, 5.74) is 0. The van der Waals surface area contributed by atoms with Crippen LogP contribution in [-0.4, -0.2) is 10.2 Å². The fraction of sp³-hybridized carbons (Fsp3) is 0. The molecule has 0 fully saturated rings. The average Bonchev–Trinajstić information content (AvgIpc) is 2.75. The Morgan fingerprint density at radius 2 is 1.27 bits per heavy atom. The summed E-state index contributed by atoms with van der Waals surface area (Å²) >= 11 is 0. The summed E-state index contributed by atoms with van der Waals surface area (Å²) in [6.45, 7) is 0. The van der Waals surface area contributed by atoms with Gasteiger partial charge in [0.1, 0.15) is 0 Å². The first-order chi connectivity index (χ1) is 14.9. The van der Waals surface area contributed by atoms with Crippen molar-refractivity contribution in [3.8, 4) is 11.5 Å². The molecule has 0 bridgehead atoms. The quantitative estimate of drug-likeness (QED) is 0.235. The van der Waals surface area contributed by atoms with Gasteiger partial charge in [0.15, 0.2) is 11.5 Å². The van der Waals surface area contributed by atoms with Crippen LogP contribution in [0.2, 0.25) is 0 Å². The van der Waals surface area contributed by atoms with Crippen molar-refractivity contribution < 1.29 is 23.9 Å². The highest BCUT2D eigenvalue weighted by atomic mass is 16.3. The van der Waals surface area contributed by atoms with Gasteiger partial charge in [-0.1, -0.05) is 48.3 Å². The molecule has 0 aliphatic heterocycles. The molecule has 22 heavy (non-hydrogen) atoms. The monoisotopic (exact) mass is 294 g/mol. The number of phenols is 2. The first-order valence-electron chi connectivity index (χ1n) is 11.4. The smallest absolute Gasteiger partial charge is 0.166 e. The van der Waals surface area contributed by atoms with E-state index >= 15 is 0 Å². The number of benzene rings is 5. The number of phenolic OH excluding ortho intramolecular Hbond substituents is 2. The van der Waals surface area contributed by atoms with E-state index in [9.17, 15) is 10.2 Å². The number of hydrogen-bond acceptors (Lipinski definition) is 2. The third-order valence-corrected chi connectivity index (χ3v) is 3.77. The van der Waals surface area contributed by atoms with Crippen molar-refractivity contribution in [2.45, 2.75) is 0 Å². The molecule has 0 unspecified atom stereocenters. The first kappa shape index (κ1) is 5.65. The van der Waals surface area contributed by atoms with Crippen LogP contribution in [0.3, 0.4) is 0 Å². The summed E-state index contributed by atoms with van der Waals surface area (Å²) in [5.74, 6) is -1.80. The molecule has 0 saturated carbocycles. The fourth-order valence-corrected chi connectivity index (χ4v) is 2.82. The van der Waals surface area contributed by atoms with E-state index in [0.717, 1.165) is 0 Å². The van der Waals surface area contributed by atoms with Crippen LogP contribution in [0.1, 0.15) is 13.7 Å². The average molecular weight is 294 g/mol. The number of aromatic hydroxyl groups is 2. The van der Waals surface area contributed by atoms with Crippen LogP contribution >= 0.6 is 0 Å². The molecule has 5 aromatic rings. The van der Waals surface area contributed by atoms with Gasteiger partial charge in [0.05, 0.1) is 13.7 Å². The molecule has 2 N–H and O–H groups in total. The molecule has 104 valence electrons. The maximum Gasteiger partial charge on any atom is 0.166 e. The van der Waals surface area contributed by atoms with E-state index < -0.39 is 71.9 Å². The van der Waals surface area contributed by atoms with E-state index in [1.165, 1.54) is 0 Å². The lowest BCUT2D eigenvalue weighted by Crippen LogP contribution is -1.86. The second-order valence-corrected chi connectivity index (χ2v) is 4.95. The molecule has 0 aliphatic rings. The molecular weight excluding hydrogens is 272 g/mol. The Kier molecular flexibility index (Phi) is 0.976. The summed E-state index contributed by atoms with van der Waals surface area (Å²) in [6.07, 6.45) is 0. The van der Waals surface area contributed by atoms with Gasteiger partial charge in [-0.3, -0.25) is 0 Å². The molecule has 0 radical (unpaired) electrons. The van der Waals surface area contributed by atoms with Crippen LogP contribution < -0.4 is 0 Å². The first-order valence-corrected chi connectivity index (χ1v) is 6.45. The molecule has 2 nitrogen and oxygen atoms in total. The van der Waals surface area contributed by atoms with Gasteiger partial charge in [0.25, 0.3) is 0 Å². The Morgan fingerprint density at radius 3 is 2.09 bits per heavy atom. The minimum atomic E-state index is -0.939. The maximum atomic E-state index is 10.6. The third kappa shape index (κ3) is 1.29. The van der Waals surface area contributed by atoms with Crippen molar-refractivity contribution >= 4 is 43.1 Å². The highest BCUT2D eigenvalue weighted by molar-refractivity contribution is 6.29. The summed E-state index contributed by atoms with van der Waals surface area (Å²) in [6, 6.07) is -5.56. The predicted molar refractivity (Wildman–Crippen MR) is 91.0 cm³/mol. The molecule has 0 saturated heterocycles. The van der Waals surface area contributed by atoms with Crippen molar-refractivity contribution in [2.24, 2.45) is 0 Å². The van der Waals surface area contributed by atoms with E-state index in [4.69, 9.17) is 13.7 Å². The van der Waals surface area contributed by atoms with E-state index in [1.807, 2.05) is 0 Å². The van der Waals surface area contributed by atoms with Gasteiger partial charge in [-0.25, -0.2) is 0 Å². The Balaban J connectivity index is 2.38. The van der Waals surface area contributed by atoms with Gasteiger partial charge in [-0.15, -0.1) is 0 Å². The minimum absolute atomic E-state index is 0.0289. The molecule has 5 rings (SSSR count). The highest BCUT2D eigenvalue weighted by Crippen LogP contribution is 2.43. The zero-order valence-corrected chi connectivity index (χ0v) is 10.9. The van der Waals surface area contributed by atoms with Gasteiger partial charge in [-0.2, -0.15) is 0 Å². The lowest BCUT2D eigenvalue weighted by Gasteiger charge is -2.14. The zero-order valence-electron chi connectivity index (χ0n) is 20.9.